The minimum absolute atomic E-state index is 0.0233. The Kier molecular flexibility index (Phi) is 1.78. The van der Waals surface area contributed by atoms with Gasteiger partial charge in [-0.15, -0.1) is 0 Å². The molecule has 0 spiro atoms. The van der Waals surface area contributed by atoms with Crippen LogP contribution in [0.1, 0.15) is 23.3 Å². The molecule has 0 aliphatic heterocycles. The van der Waals surface area contributed by atoms with Gasteiger partial charge < -0.3 is 15.3 Å². The average Bonchev–Trinajstić information content (AvgIpc) is 2.33. The monoisotopic (exact) mass is 179 g/mol. The summed E-state index contributed by atoms with van der Waals surface area (Å²) in [7, 11) is 0. The van der Waals surface area contributed by atoms with Crippen molar-refractivity contribution in [3.8, 4) is 5.75 Å². The molecular weight excluding hydrogens is 168 g/mol. The number of hydrogen-bond donors (Lipinski definition) is 3. The SMILES string of the molecule is [CH2]C1C(O)c2cccc(O)c2C1O. The van der Waals surface area contributed by atoms with Crippen molar-refractivity contribution in [2.75, 3.05) is 0 Å². The van der Waals surface area contributed by atoms with Crippen LogP contribution in [0.5, 0.6) is 5.75 Å². The van der Waals surface area contributed by atoms with Gasteiger partial charge in [0.15, 0.2) is 0 Å². The number of aromatic hydroxyl groups is 1. The number of rotatable bonds is 0. The van der Waals surface area contributed by atoms with Crippen molar-refractivity contribution in [3.05, 3.63) is 36.2 Å². The molecule has 3 N–H and O–H groups in total. The first-order chi connectivity index (χ1) is 6.13. The molecule has 0 saturated carbocycles. The highest BCUT2D eigenvalue weighted by Gasteiger charge is 2.37. The van der Waals surface area contributed by atoms with Gasteiger partial charge in [0.05, 0.1) is 12.2 Å². The Morgan fingerprint density at radius 1 is 1.15 bits per heavy atom. The summed E-state index contributed by atoms with van der Waals surface area (Å²) in [5.74, 6) is -0.474. The molecule has 3 unspecified atom stereocenters. The molecule has 0 heterocycles. The van der Waals surface area contributed by atoms with Crippen molar-refractivity contribution in [2.45, 2.75) is 12.2 Å². The van der Waals surface area contributed by atoms with Gasteiger partial charge in [0.25, 0.3) is 0 Å². The fraction of sp³-hybridized carbons (Fsp3) is 0.300. The normalized spacial score (nSPS) is 31.8. The molecule has 1 aromatic carbocycles. The first-order valence-electron chi connectivity index (χ1n) is 4.14. The molecule has 3 nitrogen and oxygen atoms in total. The lowest BCUT2D eigenvalue weighted by Crippen LogP contribution is -2.07. The summed E-state index contributed by atoms with van der Waals surface area (Å²) in [4.78, 5) is 0. The fourth-order valence-corrected chi connectivity index (χ4v) is 1.77. The zero-order valence-corrected chi connectivity index (χ0v) is 7.01. The van der Waals surface area contributed by atoms with Crippen molar-refractivity contribution in [3.63, 3.8) is 0 Å². The molecule has 0 bridgehead atoms. The van der Waals surface area contributed by atoms with Crippen LogP contribution in [-0.4, -0.2) is 15.3 Å². The predicted molar refractivity (Wildman–Crippen MR) is 46.9 cm³/mol. The van der Waals surface area contributed by atoms with Crippen LogP contribution >= 0.6 is 0 Å². The third-order valence-corrected chi connectivity index (χ3v) is 2.54. The molecule has 2 rings (SSSR count). The van der Waals surface area contributed by atoms with Gasteiger partial charge in [-0.3, -0.25) is 0 Å². The molecule has 1 aliphatic carbocycles. The first kappa shape index (κ1) is 8.53. The van der Waals surface area contributed by atoms with Crippen molar-refractivity contribution >= 4 is 0 Å². The van der Waals surface area contributed by atoms with Gasteiger partial charge in [0.1, 0.15) is 5.75 Å². The number of aliphatic hydroxyl groups is 2. The summed E-state index contributed by atoms with van der Waals surface area (Å²) < 4.78 is 0. The lowest BCUT2D eigenvalue weighted by Gasteiger charge is -2.11. The summed E-state index contributed by atoms with van der Waals surface area (Å²) in [5, 5.41) is 28.7. The zero-order chi connectivity index (χ0) is 9.59. The molecule has 0 saturated heterocycles. The van der Waals surface area contributed by atoms with Crippen LogP contribution < -0.4 is 0 Å². The molecule has 0 amide bonds. The van der Waals surface area contributed by atoms with E-state index in [4.69, 9.17) is 0 Å². The van der Waals surface area contributed by atoms with Crippen LogP contribution in [0.2, 0.25) is 0 Å². The number of benzene rings is 1. The summed E-state index contributed by atoms with van der Waals surface area (Å²) >= 11 is 0. The van der Waals surface area contributed by atoms with E-state index in [0.29, 0.717) is 11.1 Å². The quantitative estimate of drug-likeness (QED) is 0.555. The standard InChI is InChI=1S/C10H11O3/c1-5-9(12)6-3-2-4-7(11)8(6)10(5)13/h2-5,9-13H,1H2. The van der Waals surface area contributed by atoms with Crippen molar-refractivity contribution in [1.82, 2.24) is 0 Å². The fourth-order valence-electron chi connectivity index (χ4n) is 1.77. The van der Waals surface area contributed by atoms with E-state index in [1.54, 1.807) is 12.1 Å². The molecule has 3 heteroatoms. The molecule has 69 valence electrons. The molecule has 1 radical (unpaired) electrons. The highest BCUT2D eigenvalue weighted by Crippen LogP contribution is 2.46. The van der Waals surface area contributed by atoms with E-state index in [-0.39, 0.29) is 5.75 Å². The number of aliphatic hydroxyl groups excluding tert-OH is 2. The molecule has 0 fully saturated rings. The summed E-state index contributed by atoms with van der Waals surface area (Å²) in [6, 6.07) is 4.82. The van der Waals surface area contributed by atoms with E-state index >= 15 is 0 Å². The maximum Gasteiger partial charge on any atom is 0.121 e. The molecule has 3 atom stereocenters. The van der Waals surface area contributed by atoms with Crippen LogP contribution in [0.3, 0.4) is 0 Å². The van der Waals surface area contributed by atoms with Gasteiger partial charge in [-0.05, 0) is 18.6 Å². The first-order valence-corrected chi connectivity index (χ1v) is 4.14. The predicted octanol–water partition coefficient (Wildman–Crippen LogP) is 0.923. The van der Waals surface area contributed by atoms with Gasteiger partial charge in [0, 0.05) is 11.5 Å². The topological polar surface area (TPSA) is 60.7 Å². The number of hydrogen-bond acceptors (Lipinski definition) is 3. The number of phenolic OH excluding ortho intramolecular Hbond substituents is 1. The Bertz CT molecular complexity index is 335. The Labute approximate surface area is 76.3 Å². The Balaban J connectivity index is 2.60. The van der Waals surface area contributed by atoms with E-state index in [9.17, 15) is 15.3 Å². The lowest BCUT2D eigenvalue weighted by atomic mass is 10.0. The van der Waals surface area contributed by atoms with Crippen LogP contribution in [0, 0.1) is 12.8 Å². The lowest BCUT2D eigenvalue weighted by molar-refractivity contribution is 0.0587. The third-order valence-electron chi connectivity index (χ3n) is 2.54. The van der Waals surface area contributed by atoms with Crippen molar-refractivity contribution < 1.29 is 15.3 Å². The van der Waals surface area contributed by atoms with Crippen molar-refractivity contribution in [2.24, 2.45) is 5.92 Å². The Morgan fingerprint density at radius 2 is 1.85 bits per heavy atom. The third kappa shape index (κ3) is 1.04. The Morgan fingerprint density at radius 3 is 2.46 bits per heavy atom. The second-order valence-corrected chi connectivity index (χ2v) is 3.33. The molecule has 1 aromatic rings. The van der Waals surface area contributed by atoms with E-state index in [2.05, 4.69) is 6.92 Å². The van der Waals surface area contributed by atoms with Crippen LogP contribution in [-0.2, 0) is 0 Å². The van der Waals surface area contributed by atoms with E-state index in [0.717, 1.165) is 0 Å². The molecular formula is C10H11O3. The van der Waals surface area contributed by atoms with Gasteiger partial charge in [-0.1, -0.05) is 12.1 Å². The van der Waals surface area contributed by atoms with Crippen LogP contribution in [0.25, 0.3) is 0 Å². The zero-order valence-electron chi connectivity index (χ0n) is 7.01. The van der Waals surface area contributed by atoms with E-state index in [1.807, 2.05) is 0 Å². The van der Waals surface area contributed by atoms with Gasteiger partial charge in [0.2, 0.25) is 0 Å². The average molecular weight is 179 g/mol. The molecule has 0 aromatic heterocycles. The largest absolute Gasteiger partial charge is 0.508 e. The molecule has 13 heavy (non-hydrogen) atoms. The second kappa shape index (κ2) is 2.72. The minimum atomic E-state index is -0.869. The maximum atomic E-state index is 9.62. The minimum Gasteiger partial charge on any atom is -0.508 e. The summed E-state index contributed by atoms with van der Waals surface area (Å²) in [6.07, 6.45) is -1.65. The summed E-state index contributed by atoms with van der Waals surface area (Å²) in [6.45, 7) is 3.64. The van der Waals surface area contributed by atoms with E-state index in [1.165, 1.54) is 6.07 Å². The highest BCUT2D eigenvalue weighted by atomic mass is 16.3. The van der Waals surface area contributed by atoms with E-state index < -0.39 is 18.1 Å². The van der Waals surface area contributed by atoms with Gasteiger partial charge >= 0.3 is 0 Å². The number of phenols is 1. The number of fused-ring (bicyclic) bond motifs is 1. The Hall–Kier alpha value is -1.06. The van der Waals surface area contributed by atoms with Crippen molar-refractivity contribution in [1.29, 1.82) is 0 Å². The van der Waals surface area contributed by atoms with Gasteiger partial charge in [-0.25, -0.2) is 0 Å². The van der Waals surface area contributed by atoms with Crippen LogP contribution in [0.15, 0.2) is 18.2 Å². The maximum absolute atomic E-state index is 9.62. The highest BCUT2D eigenvalue weighted by molar-refractivity contribution is 5.46. The molecule has 1 aliphatic rings. The second-order valence-electron chi connectivity index (χ2n) is 3.33. The summed E-state index contributed by atoms with van der Waals surface area (Å²) in [5.41, 5.74) is 0.988. The van der Waals surface area contributed by atoms with Gasteiger partial charge in [-0.2, -0.15) is 0 Å². The van der Waals surface area contributed by atoms with Crippen LogP contribution in [0.4, 0.5) is 0 Å². The smallest absolute Gasteiger partial charge is 0.121 e.